The van der Waals surface area contributed by atoms with Crippen LogP contribution in [0.15, 0.2) is 0 Å². The lowest BCUT2D eigenvalue weighted by Gasteiger charge is -2.33. The fourth-order valence-corrected chi connectivity index (χ4v) is 2.29. The van der Waals surface area contributed by atoms with Crippen molar-refractivity contribution >= 4 is 0 Å². The van der Waals surface area contributed by atoms with E-state index in [2.05, 4.69) is 5.32 Å². The predicted octanol–water partition coefficient (Wildman–Crippen LogP) is 1.80. The molecule has 118 valence electrons. The minimum absolute atomic E-state index is 0.190. The molecule has 1 atom stereocenters. The number of nitrogens with one attached hydrogen (secondary N) is 1. The van der Waals surface area contributed by atoms with Gasteiger partial charge in [0.25, 0.3) is 0 Å². The fourth-order valence-electron chi connectivity index (χ4n) is 2.29. The molecule has 1 aliphatic heterocycles. The van der Waals surface area contributed by atoms with Crippen LogP contribution in [0.25, 0.3) is 0 Å². The van der Waals surface area contributed by atoms with E-state index in [0.717, 1.165) is 0 Å². The van der Waals surface area contributed by atoms with Crippen molar-refractivity contribution in [2.75, 3.05) is 33.3 Å². The molecule has 0 amide bonds. The van der Waals surface area contributed by atoms with Gasteiger partial charge in [0.2, 0.25) is 5.82 Å². The number of hydrogen-bond acceptors (Lipinski definition) is 3. The quantitative estimate of drug-likeness (QED) is 0.521. The first-order valence-electron chi connectivity index (χ1n) is 6.44. The minimum atomic E-state index is -2.14. The van der Waals surface area contributed by atoms with Gasteiger partial charge in [-0.2, -0.15) is 0 Å². The number of halogens is 5. The van der Waals surface area contributed by atoms with E-state index in [1.54, 1.807) is 11.9 Å². The molecule has 1 aromatic rings. The number of morpholine rings is 1. The van der Waals surface area contributed by atoms with Crippen molar-refractivity contribution in [2.45, 2.75) is 12.6 Å². The van der Waals surface area contributed by atoms with Crippen LogP contribution in [0.2, 0.25) is 0 Å². The monoisotopic (exact) mass is 310 g/mol. The Hall–Kier alpha value is -1.25. The molecule has 0 radical (unpaired) electrons. The fraction of sp³-hybridized carbons (Fsp3) is 0.538. The SMILES string of the molecule is CNCC1CN(Cc2c(F)c(F)c(F)c(F)c2F)CCO1. The van der Waals surface area contributed by atoms with Crippen LogP contribution in [0.1, 0.15) is 5.56 Å². The van der Waals surface area contributed by atoms with E-state index in [4.69, 9.17) is 4.74 Å². The van der Waals surface area contributed by atoms with Crippen molar-refractivity contribution in [3.8, 4) is 0 Å². The summed E-state index contributed by atoms with van der Waals surface area (Å²) in [5.74, 6) is -9.51. The highest BCUT2D eigenvalue weighted by Gasteiger charge is 2.28. The van der Waals surface area contributed by atoms with Crippen molar-refractivity contribution < 1.29 is 26.7 Å². The summed E-state index contributed by atoms with van der Waals surface area (Å²) in [6.07, 6.45) is -0.190. The van der Waals surface area contributed by atoms with E-state index in [-0.39, 0.29) is 12.6 Å². The lowest BCUT2D eigenvalue weighted by atomic mass is 10.1. The third kappa shape index (κ3) is 3.33. The van der Waals surface area contributed by atoms with Gasteiger partial charge in [-0.25, -0.2) is 22.0 Å². The lowest BCUT2D eigenvalue weighted by molar-refractivity contribution is -0.0298. The van der Waals surface area contributed by atoms with E-state index < -0.39 is 34.6 Å². The molecule has 0 bridgehead atoms. The highest BCUT2D eigenvalue weighted by atomic mass is 19.2. The van der Waals surface area contributed by atoms with Gasteiger partial charge in [0, 0.05) is 31.7 Å². The second kappa shape index (κ2) is 6.67. The summed E-state index contributed by atoms with van der Waals surface area (Å²) in [4.78, 5) is 1.60. The van der Waals surface area contributed by atoms with Gasteiger partial charge in [-0.3, -0.25) is 4.90 Å². The molecule has 21 heavy (non-hydrogen) atoms. The van der Waals surface area contributed by atoms with Gasteiger partial charge in [-0.15, -0.1) is 0 Å². The van der Waals surface area contributed by atoms with E-state index in [1.165, 1.54) is 0 Å². The Bertz CT molecular complexity index is 495. The van der Waals surface area contributed by atoms with Crippen LogP contribution in [0.3, 0.4) is 0 Å². The molecule has 0 aliphatic carbocycles. The van der Waals surface area contributed by atoms with E-state index in [1.807, 2.05) is 0 Å². The summed E-state index contributed by atoms with van der Waals surface area (Å²) in [6, 6.07) is 0. The van der Waals surface area contributed by atoms with Crippen LogP contribution >= 0.6 is 0 Å². The second-order valence-corrected chi connectivity index (χ2v) is 4.83. The largest absolute Gasteiger partial charge is 0.374 e. The second-order valence-electron chi connectivity index (χ2n) is 4.83. The maximum absolute atomic E-state index is 13.6. The van der Waals surface area contributed by atoms with Crippen LogP contribution in [0.4, 0.5) is 22.0 Å². The van der Waals surface area contributed by atoms with E-state index in [0.29, 0.717) is 26.2 Å². The molecule has 1 unspecified atom stereocenters. The van der Waals surface area contributed by atoms with Crippen molar-refractivity contribution in [1.82, 2.24) is 10.2 Å². The molecule has 3 nitrogen and oxygen atoms in total. The first-order valence-corrected chi connectivity index (χ1v) is 6.44. The summed E-state index contributed by atoms with van der Waals surface area (Å²) in [7, 11) is 1.73. The summed E-state index contributed by atoms with van der Waals surface area (Å²) < 4.78 is 71.9. The molecule has 0 spiro atoms. The van der Waals surface area contributed by atoms with Gasteiger partial charge in [-0.1, -0.05) is 0 Å². The maximum atomic E-state index is 13.6. The van der Waals surface area contributed by atoms with Gasteiger partial charge in [0.1, 0.15) is 0 Å². The van der Waals surface area contributed by atoms with Crippen LogP contribution in [0, 0.1) is 29.1 Å². The molecule has 1 heterocycles. The average Bonchev–Trinajstić information content (AvgIpc) is 2.48. The molecule has 0 saturated carbocycles. The Morgan fingerprint density at radius 3 is 2.19 bits per heavy atom. The minimum Gasteiger partial charge on any atom is -0.374 e. The smallest absolute Gasteiger partial charge is 0.200 e. The average molecular weight is 310 g/mol. The van der Waals surface area contributed by atoms with Crippen LogP contribution in [-0.2, 0) is 11.3 Å². The van der Waals surface area contributed by atoms with Gasteiger partial charge >= 0.3 is 0 Å². The van der Waals surface area contributed by atoms with Crippen molar-refractivity contribution in [3.63, 3.8) is 0 Å². The molecule has 1 aromatic carbocycles. The summed E-state index contributed by atoms with van der Waals surface area (Å²) in [5.41, 5.74) is -0.809. The summed E-state index contributed by atoms with van der Waals surface area (Å²) in [5, 5.41) is 2.90. The van der Waals surface area contributed by atoms with E-state index >= 15 is 0 Å². The Labute approximate surface area is 118 Å². The molecule has 1 saturated heterocycles. The van der Waals surface area contributed by atoms with Crippen molar-refractivity contribution in [1.29, 1.82) is 0 Å². The third-order valence-electron chi connectivity index (χ3n) is 3.34. The highest BCUT2D eigenvalue weighted by molar-refractivity contribution is 5.24. The zero-order chi connectivity index (χ0) is 15.6. The Kier molecular flexibility index (Phi) is 5.13. The Balaban J connectivity index is 2.20. The van der Waals surface area contributed by atoms with E-state index in [9.17, 15) is 22.0 Å². The van der Waals surface area contributed by atoms with Gasteiger partial charge in [0.05, 0.1) is 12.7 Å². The van der Waals surface area contributed by atoms with Gasteiger partial charge in [-0.05, 0) is 7.05 Å². The maximum Gasteiger partial charge on any atom is 0.200 e. The van der Waals surface area contributed by atoms with Crippen LogP contribution in [0.5, 0.6) is 0 Å². The van der Waals surface area contributed by atoms with Crippen molar-refractivity contribution in [3.05, 3.63) is 34.6 Å². The van der Waals surface area contributed by atoms with Gasteiger partial charge in [0.15, 0.2) is 23.3 Å². The molecule has 2 rings (SSSR count). The standard InChI is InChI=1S/C13H15F5N2O/c1-19-4-7-5-20(2-3-21-7)6-8-9(14)11(16)13(18)12(17)10(8)15/h7,19H,2-6H2,1H3. The normalized spacial score (nSPS) is 20.0. The van der Waals surface area contributed by atoms with Crippen LogP contribution in [-0.4, -0.2) is 44.3 Å². The zero-order valence-corrected chi connectivity index (χ0v) is 11.4. The summed E-state index contributed by atoms with van der Waals surface area (Å²) >= 11 is 0. The molecule has 0 aromatic heterocycles. The Morgan fingerprint density at radius 2 is 1.62 bits per heavy atom. The third-order valence-corrected chi connectivity index (χ3v) is 3.34. The first kappa shape index (κ1) is 16.1. The number of ether oxygens (including phenoxy) is 1. The molecule has 1 aliphatic rings. The number of rotatable bonds is 4. The zero-order valence-electron chi connectivity index (χ0n) is 11.4. The molecular weight excluding hydrogens is 295 g/mol. The predicted molar refractivity (Wildman–Crippen MR) is 65.2 cm³/mol. The lowest BCUT2D eigenvalue weighted by Crippen LogP contribution is -2.46. The number of nitrogens with zero attached hydrogens (tertiary/aromatic N) is 1. The highest BCUT2D eigenvalue weighted by Crippen LogP contribution is 2.24. The molecule has 1 fully saturated rings. The van der Waals surface area contributed by atoms with Crippen molar-refractivity contribution in [2.24, 2.45) is 0 Å². The Morgan fingerprint density at radius 1 is 1.05 bits per heavy atom. The molecule has 1 N–H and O–H groups in total. The van der Waals surface area contributed by atoms with Gasteiger partial charge < -0.3 is 10.1 Å². The first-order chi connectivity index (χ1) is 9.95. The number of hydrogen-bond donors (Lipinski definition) is 1. The van der Waals surface area contributed by atoms with Crippen LogP contribution < -0.4 is 5.32 Å². The topological polar surface area (TPSA) is 24.5 Å². The number of likely N-dealkylation sites (N-methyl/N-ethyl adjacent to an activating group) is 1. The number of benzene rings is 1. The molecular formula is C13H15F5N2O. The summed E-state index contributed by atoms with van der Waals surface area (Å²) in [6.45, 7) is 1.23. The molecule has 8 heteroatoms.